The van der Waals surface area contributed by atoms with Crippen LogP contribution in [0.25, 0.3) is 11.4 Å². The van der Waals surface area contributed by atoms with Crippen molar-refractivity contribution in [2.75, 3.05) is 7.11 Å². The highest BCUT2D eigenvalue weighted by Crippen LogP contribution is 2.37. The molecule has 1 fully saturated rings. The predicted molar refractivity (Wildman–Crippen MR) is 109 cm³/mol. The van der Waals surface area contributed by atoms with E-state index in [0.29, 0.717) is 17.0 Å². The number of amides is 1. The average molecular weight is 395 g/mol. The summed E-state index contributed by atoms with van der Waals surface area (Å²) in [7, 11) is 3.55. The number of rotatable bonds is 7. The first-order valence-electron chi connectivity index (χ1n) is 9.22. The second kappa shape index (κ2) is 8.06. The molecule has 2 aromatic carbocycles. The van der Waals surface area contributed by atoms with Gasteiger partial charge in [-0.25, -0.2) is 0 Å². The minimum Gasteiger partial charge on any atom is -0.496 e. The Morgan fingerprint density at radius 3 is 2.57 bits per heavy atom. The first kappa shape index (κ1) is 18.6. The van der Waals surface area contributed by atoms with Crippen molar-refractivity contribution < 1.29 is 9.53 Å². The summed E-state index contributed by atoms with van der Waals surface area (Å²) in [5.41, 5.74) is 1.82. The van der Waals surface area contributed by atoms with E-state index in [-0.39, 0.29) is 11.2 Å². The largest absolute Gasteiger partial charge is 0.496 e. The molecule has 1 aromatic heterocycles. The number of para-hydroxylation sites is 1. The Hall–Kier alpha value is -2.80. The summed E-state index contributed by atoms with van der Waals surface area (Å²) in [6.07, 6.45) is 2.11. The SMILES string of the molecule is COc1ccccc1-c1nnc(S[C@@H](C(=O)NC2CC2)c2ccccc2)n1C. The molecule has 1 aliphatic carbocycles. The number of hydrogen-bond donors (Lipinski definition) is 1. The molecule has 7 heteroatoms. The first-order chi connectivity index (χ1) is 13.7. The molecule has 3 aromatic rings. The number of carbonyl (C=O) groups excluding carboxylic acids is 1. The second-order valence-electron chi connectivity index (χ2n) is 6.76. The van der Waals surface area contributed by atoms with E-state index < -0.39 is 0 Å². The summed E-state index contributed by atoms with van der Waals surface area (Å²) in [4.78, 5) is 12.9. The molecule has 1 saturated carbocycles. The Balaban J connectivity index is 1.64. The zero-order valence-corrected chi connectivity index (χ0v) is 16.6. The van der Waals surface area contributed by atoms with Crippen molar-refractivity contribution in [1.29, 1.82) is 0 Å². The van der Waals surface area contributed by atoms with Crippen molar-refractivity contribution in [3.05, 3.63) is 60.2 Å². The van der Waals surface area contributed by atoms with E-state index in [1.54, 1.807) is 7.11 Å². The van der Waals surface area contributed by atoms with Gasteiger partial charge in [0.25, 0.3) is 0 Å². The summed E-state index contributed by atoms with van der Waals surface area (Å²) >= 11 is 1.41. The Kier molecular flexibility index (Phi) is 5.34. The molecule has 1 amide bonds. The number of hydrogen-bond acceptors (Lipinski definition) is 5. The number of thioether (sulfide) groups is 1. The highest BCUT2D eigenvalue weighted by Gasteiger charge is 2.30. The van der Waals surface area contributed by atoms with Crippen LogP contribution in [0.2, 0.25) is 0 Å². The van der Waals surface area contributed by atoms with Gasteiger partial charge in [-0.3, -0.25) is 4.79 Å². The van der Waals surface area contributed by atoms with E-state index in [0.717, 1.165) is 29.7 Å². The standard InChI is InChI=1S/C21H22N4O2S/c1-25-19(16-10-6-7-11-17(16)27-2)23-24-21(25)28-18(14-8-4-3-5-9-14)20(26)22-15-12-13-15/h3-11,15,18H,12-13H2,1-2H3,(H,22,26)/t18-/m1/s1. The lowest BCUT2D eigenvalue weighted by Gasteiger charge is -2.16. The van der Waals surface area contributed by atoms with E-state index in [1.165, 1.54) is 11.8 Å². The molecule has 144 valence electrons. The zero-order chi connectivity index (χ0) is 19.5. The van der Waals surface area contributed by atoms with Gasteiger partial charge in [-0.15, -0.1) is 10.2 Å². The van der Waals surface area contributed by atoms with Gasteiger partial charge in [-0.05, 0) is 30.5 Å². The van der Waals surface area contributed by atoms with Gasteiger partial charge in [0, 0.05) is 13.1 Å². The first-order valence-corrected chi connectivity index (χ1v) is 10.1. The number of nitrogens with zero attached hydrogens (tertiary/aromatic N) is 3. The monoisotopic (exact) mass is 394 g/mol. The number of carbonyl (C=O) groups is 1. The molecule has 1 atom stereocenters. The molecule has 0 radical (unpaired) electrons. The molecular formula is C21H22N4O2S. The van der Waals surface area contributed by atoms with Crippen molar-refractivity contribution in [3.63, 3.8) is 0 Å². The van der Waals surface area contributed by atoms with Crippen molar-refractivity contribution in [3.8, 4) is 17.1 Å². The van der Waals surface area contributed by atoms with Crippen molar-refractivity contribution >= 4 is 17.7 Å². The third-order valence-corrected chi connectivity index (χ3v) is 5.96. The lowest BCUT2D eigenvalue weighted by atomic mass is 10.1. The number of aromatic nitrogens is 3. The quantitative estimate of drug-likeness (QED) is 0.620. The van der Waals surface area contributed by atoms with Crippen molar-refractivity contribution in [1.82, 2.24) is 20.1 Å². The summed E-state index contributed by atoms with van der Waals surface area (Å²) < 4.78 is 7.36. The van der Waals surface area contributed by atoms with Crippen LogP contribution < -0.4 is 10.1 Å². The number of ether oxygens (including phenoxy) is 1. The van der Waals surface area contributed by atoms with Gasteiger partial charge in [0.2, 0.25) is 5.91 Å². The van der Waals surface area contributed by atoms with Crippen molar-refractivity contribution in [2.45, 2.75) is 29.3 Å². The van der Waals surface area contributed by atoms with Crippen LogP contribution in [-0.2, 0) is 11.8 Å². The Labute approximate surface area is 168 Å². The fourth-order valence-corrected chi connectivity index (χ4v) is 4.00. The summed E-state index contributed by atoms with van der Waals surface area (Å²) in [6.45, 7) is 0. The van der Waals surface area contributed by atoms with Gasteiger partial charge in [0.05, 0.1) is 12.7 Å². The van der Waals surface area contributed by atoms with Gasteiger partial charge in [-0.1, -0.05) is 54.2 Å². The Morgan fingerprint density at radius 1 is 1.14 bits per heavy atom. The molecule has 0 spiro atoms. The molecule has 0 unspecified atom stereocenters. The van der Waals surface area contributed by atoms with E-state index in [2.05, 4.69) is 15.5 Å². The van der Waals surface area contributed by atoms with Crippen LogP contribution in [-0.4, -0.2) is 33.8 Å². The van der Waals surface area contributed by atoms with Gasteiger partial charge in [-0.2, -0.15) is 0 Å². The van der Waals surface area contributed by atoms with E-state index in [1.807, 2.05) is 66.2 Å². The molecule has 1 heterocycles. The normalized spacial score (nSPS) is 14.5. The maximum absolute atomic E-state index is 12.9. The average Bonchev–Trinajstić information content (AvgIpc) is 3.47. The zero-order valence-electron chi connectivity index (χ0n) is 15.8. The third-order valence-electron chi connectivity index (χ3n) is 4.67. The molecule has 1 N–H and O–H groups in total. The van der Waals surface area contributed by atoms with E-state index in [4.69, 9.17) is 4.74 Å². The smallest absolute Gasteiger partial charge is 0.238 e. The fraction of sp³-hybridized carbons (Fsp3) is 0.286. The van der Waals surface area contributed by atoms with Crippen LogP contribution in [0.1, 0.15) is 23.7 Å². The number of methoxy groups -OCH3 is 1. The molecule has 1 aliphatic rings. The van der Waals surface area contributed by atoms with Crippen LogP contribution >= 0.6 is 11.8 Å². The lowest BCUT2D eigenvalue weighted by Crippen LogP contribution is -2.29. The van der Waals surface area contributed by atoms with E-state index in [9.17, 15) is 4.79 Å². The molecular weight excluding hydrogens is 372 g/mol. The van der Waals surface area contributed by atoms with E-state index >= 15 is 0 Å². The molecule has 0 bridgehead atoms. The second-order valence-corrected chi connectivity index (χ2v) is 7.83. The number of benzene rings is 2. The van der Waals surface area contributed by atoms with Crippen LogP contribution in [0.4, 0.5) is 0 Å². The topological polar surface area (TPSA) is 69.0 Å². The minimum atomic E-state index is -0.379. The van der Waals surface area contributed by atoms with Gasteiger partial charge >= 0.3 is 0 Å². The van der Waals surface area contributed by atoms with Crippen LogP contribution in [0.15, 0.2) is 59.8 Å². The minimum absolute atomic E-state index is 0.0144. The maximum atomic E-state index is 12.9. The highest BCUT2D eigenvalue weighted by atomic mass is 32.2. The maximum Gasteiger partial charge on any atom is 0.238 e. The van der Waals surface area contributed by atoms with Crippen molar-refractivity contribution in [2.24, 2.45) is 7.05 Å². The van der Waals surface area contributed by atoms with Gasteiger partial charge in [0.1, 0.15) is 11.0 Å². The Morgan fingerprint density at radius 2 is 1.86 bits per heavy atom. The lowest BCUT2D eigenvalue weighted by molar-refractivity contribution is -0.120. The molecule has 0 saturated heterocycles. The summed E-state index contributed by atoms with van der Waals surface area (Å²) in [5, 5.41) is 12.1. The fourth-order valence-electron chi connectivity index (χ4n) is 2.99. The highest BCUT2D eigenvalue weighted by molar-refractivity contribution is 8.00. The molecule has 6 nitrogen and oxygen atoms in total. The van der Waals surface area contributed by atoms with Gasteiger partial charge < -0.3 is 14.6 Å². The summed E-state index contributed by atoms with van der Waals surface area (Å²) in [6, 6.07) is 17.8. The van der Waals surface area contributed by atoms with Crippen LogP contribution in [0.3, 0.4) is 0 Å². The number of nitrogens with one attached hydrogen (secondary N) is 1. The molecule has 4 rings (SSSR count). The Bertz CT molecular complexity index is 970. The van der Waals surface area contributed by atoms with Crippen LogP contribution in [0.5, 0.6) is 5.75 Å². The third kappa shape index (κ3) is 3.89. The van der Waals surface area contributed by atoms with Gasteiger partial charge in [0.15, 0.2) is 11.0 Å². The summed E-state index contributed by atoms with van der Waals surface area (Å²) in [5.74, 6) is 1.45. The van der Waals surface area contributed by atoms with Crippen LogP contribution in [0, 0.1) is 0 Å². The predicted octanol–water partition coefficient (Wildman–Crippen LogP) is 3.60. The molecule has 0 aliphatic heterocycles. The molecule has 28 heavy (non-hydrogen) atoms.